The molecule has 0 aliphatic heterocycles. The van der Waals surface area contributed by atoms with Gasteiger partial charge < -0.3 is 46.1 Å². The molecular weight excluding hydrogens is 793 g/mol. The summed E-state index contributed by atoms with van der Waals surface area (Å²) in [5, 5.41) is 50.1. The molecule has 14 nitrogen and oxygen atoms in total. The van der Waals surface area contributed by atoms with Crippen LogP contribution in [-0.4, -0.2) is 98.3 Å². The Kier molecular flexibility index (Phi) is 36.7. The van der Waals surface area contributed by atoms with Gasteiger partial charge in [-0.3, -0.25) is 18.6 Å². The number of aliphatic hydroxyl groups is 5. The standard InChI is InChI=1S/C45H83O13P.H3N/c1-3-5-7-9-11-13-15-17-19-21-23-25-27-29-31-33-38(46)55-35-37(36-56-59(53,54)58-45-43(51)41(49)40(48)42(50)44(45)52)57-39(47)34-32-30-28-26-24-22-20-18-16-14-12-10-8-6-4-2;/h17-20,37,40-45,48-52H,3-16,21-36H2,1-2H3,(H,53,54);1H3/b19-17-,20-18-;/t37-,40?,41-,42+,43-,44-,45?;/m1./s1. The molecule has 1 aliphatic rings. The molecule has 1 saturated carbocycles. The van der Waals surface area contributed by atoms with E-state index in [2.05, 4.69) is 38.2 Å². The lowest BCUT2D eigenvalue weighted by Crippen LogP contribution is -2.64. The molecule has 0 bridgehead atoms. The highest BCUT2D eigenvalue weighted by Gasteiger charge is 2.51. The predicted molar refractivity (Wildman–Crippen MR) is 235 cm³/mol. The Balaban J connectivity index is 0.0000348. The molecule has 0 spiro atoms. The van der Waals surface area contributed by atoms with Crippen molar-refractivity contribution in [1.82, 2.24) is 6.15 Å². The summed E-state index contributed by atoms with van der Waals surface area (Å²) < 4.78 is 33.5. The average Bonchev–Trinajstić information content (AvgIpc) is 3.21. The molecule has 15 heteroatoms. The van der Waals surface area contributed by atoms with Crippen LogP contribution in [0.25, 0.3) is 0 Å². The van der Waals surface area contributed by atoms with Gasteiger partial charge in [-0.05, 0) is 64.2 Å². The molecule has 1 aliphatic carbocycles. The lowest BCUT2D eigenvalue weighted by molar-refractivity contribution is -0.220. The van der Waals surface area contributed by atoms with Crippen molar-refractivity contribution in [2.45, 2.75) is 236 Å². The van der Waals surface area contributed by atoms with Crippen LogP contribution >= 0.6 is 7.82 Å². The maximum absolute atomic E-state index is 12.8. The Bertz CT molecular complexity index is 1140. The smallest absolute Gasteiger partial charge is 0.462 e. The van der Waals surface area contributed by atoms with Gasteiger partial charge in [0.1, 0.15) is 43.2 Å². The van der Waals surface area contributed by atoms with Crippen molar-refractivity contribution < 1.29 is 63.1 Å². The monoisotopic (exact) mass is 880 g/mol. The second-order valence-corrected chi connectivity index (χ2v) is 17.7. The highest BCUT2D eigenvalue weighted by Crippen LogP contribution is 2.47. The molecule has 0 amide bonds. The van der Waals surface area contributed by atoms with E-state index < -0.39 is 75.7 Å². The molecule has 0 aromatic heterocycles. The van der Waals surface area contributed by atoms with Crippen LogP contribution in [0, 0.1) is 0 Å². The van der Waals surface area contributed by atoms with E-state index in [1.165, 1.54) is 77.0 Å². The van der Waals surface area contributed by atoms with Crippen molar-refractivity contribution >= 4 is 19.8 Å². The largest absolute Gasteiger partial charge is 0.472 e. The van der Waals surface area contributed by atoms with E-state index in [1.54, 1.807) is 0 Å². The molecular formula is C45H86NO13P. The van der Waals surface area contributed by atoms with Gasteiger partial charge in [-0.2, -0.15) is 0 Å². The van der Waals surface area contributed by atoms with Crippen molar-refractivity contribution in [2.75, 3.05) is 13.2 Å². The number of phosphoric ester groups is 1. The average molecular weight is 880 g/mol. The van der Waals surface area contributed by atoms with Crippen molar-refractivity contribution in [3.05, 3.63) is 24.3 Å². The summed E-state index contributed by atoms with van der Waals surface area (Å²) in [6, 6.07) is 0. The highest BCUT2D eigenvalue weighted by molar-refractivity contribution is 7.47. The molecule has 60 heavy (non-hydrogen) atoms. The van der Waals surface area contributed by atoms with E-state index in [0.29, 0.717) is 12.8 Å². The minimum absolute atomic E-state index is 0. The number of hydrogen-bond donors (Lipinski definition) is 7. The molecule has 1 rings (SSSR count). The predicted octanol–water partition coefficient (Wildman–Crippen LogP) is 9.00. The first-order valence-corrected chi connectivity index (χ1v) is 24.6. The quantitative estimate of drug-likeness (QED) is 0.0132. The van der Waals surface area contributed by atoms with Crippen LogP contribution < -0.4 is 6.15 Å². The zero-order valence-electron chi connectivity index (χ0n) is 37.3. The second-order valence-electron chi connectivity index (χ2n) is 16.3. The van der Waals surface area contributed by atoms with E-state index in [0.717, 1.165) is 77.0 Å². The lowest BCUT2D eigenvalue weighted by atomic mass is 9.85. The number of allylic oxidation sites excluding steroid dienone is 4. The Hall–Kier alpha value is -1.71. The maximum Gasteiger partial charge on any atom is 0.472 e. The van der Waals surface area contributed by atoms with Crippen LogP contribution in [0.15, 0.2) is 24.3 Å². The van der Waals surface area contributed by atoms with Gasteiger partial charge >= 0.3 is 19.8 Å². The van der Waals surface area contributed by atoms with Crippen molar-refractivity contribution in [2.24, 2.45) is 0 Å². The van der Waals surface area contributed by atoms with Crippen LogP contribution in [0.1, 0.15) is 194 Å². The van der Waals surface area contributed by atoms with E-state index >= 15 is 0 Å². The van der Waals surface area contributed by atoms with Gasteiger partial charge in [0.25, 0.3) is 0 Å². The topological polar surface area (TPSA) is 245 Å². The van der Waals surface area contributed by atoms with Gasteiger partial charge in [0, 0.05) is 12.8 Å². The van der Waals surface area contributed by atoms with Gasteiger partial charge in [0.05, 0.1) is 6.61 Å². The fourth-order valence-electron chi connectivity index (χ4n) is 6.98. The van der Waals surface area contributed by atoms with Crippen LogP contribution in [0.2, 0.25) is 0 Å². The fourth-order valence-corrected chi connectivity index (χ4v) is 7.95. The number of carbonyl (C=O) groups excluding carboxylic acids is 2. The molecule has 0 aromatic carbocycles. The van der Waals surface area contributed by atoms with Gasteiger partial charge in [-0.25, -0.2) is 4.57 Å². The van der Waals surface area contributed by atoms with Gasteiger partial charge in [0.15, 0.2) is 6.10 Å². The molecule has 0 radical (unpaired) electrons. The minimum Gasteiger partial charge on any atom is -0.462 e. The first-order chi connectivity index (χ1) is 28.4. The van der Waals surface area contributed by atoms with E-state index in [-0.39, 0.29) is 19.0 Å². The lowest BCUT2D eigenvalue weighted by Gasteiger charge is -2.41. The zero-order valence-corrected chi connectivity index (χ0v) is 38.2. The Morgan fingerprint density at radius 1 is 0.517 bits per heavy atom. The SMILES string of the molecule is CCCCCCCC/C=C\CCCCCCCC(=O)OC[C@H](COP(=O)(O)OC1[C@H](O)[C@H](O)C(O)[C@H](O)[C@H]1O)OC(=O)CCCCCCC/C=C\CCCCCCCC.N. The Morgan fingerprint density at radius 3 is 1.28 bits per heavy atom. The Morgan fingerprint density at radius 2 is 0.867 bits per heavy atom. The maximum atomic E-state index is 12.8. The van der Waals surface area contributed by atoms with E-state index in [4.69, 9.17) is 18.5 Å². The number of rotatable bonds is 38. The summed E-state index contributed by atoms with van der Waals surface area (Å²) >= 11 is 0. The number of carbonyl (C=O) groups is 2. The molecule has 8 atom stereocenters. The zero-order chi connectivity index (χ0) is 43.6. The molecule has 0 heterocycles. The molecule has 0 saturated heterocycles. The summed E-state index contributed by atoms with van der Waals surface area (Å²) in [7, 11) is -5.12. The summed E-state index contributed by atoms with van der Waals surface area (Å²) in [6.45, 7) is 3.28. The van der Waals surface area contributed by atoms with Gasteiger partial charge in [-0.1, -0.05) is 141 Å². The van der Waals surface area contributed by atoms with Gasteiger partial charge in [0.2, 0.25) is 0 Å². The molecule has 354 valence electrons. The normalized spacial score (nSPS) is 22.1. The summed E-state index contributed by atoms with van der Waals surface area (Å²) in [4.78, 5) is 35.7. The van der Waals surface area contributed by atoms with Gasteiger partial charge in [-0.15, -0.1) is 0 Å². The first-order valence-electron chi connectivity index (χ1n) is 23.1. The van der Waals surface area contributed by atoms with Crippen LogP contribution in [-0.2, 0) is 32.7 Å². The van der Waals surface area contributed by atoms with Crippen molar-refractivity contribution in [3.8, 4) is 0 Å². The van der Waals surface area contributed by atoms with Crippen molar-refractivity contribution in [3.63, 3.8) is 0 Å². The molecule has 0 aromatic rings. The second kappa shape index (κ2) is 37.8. The molecule has 9 N–H and O–H groups in total. The van der Waals surface area contributed by atoms with Crippen LogP contribution in [0.4, 0.5) is 0 Å². The molecule has 1 fully saturated rings. The summed E-state index contributed by atoms with van der Waals surface area (Å²) in [5.41, 5.74) is 0. The molecule has 3 unspecified atom stereocenters. The fraction of sp³-hybridized carbons (Fsp3) is 0.867. The van der Waals surface area contributed by atoms with E-state index in [1.807, 2.05) is 0 Å². The third kappa shape index (κ3) is 29.6. The minimum atomic E-state index is -5.12. The third-order valence-corrected chi connectivity index (χ3v) is 11.8. The number of esters is 2. The number of hydrogen-bond acceptors (Lipinski definition) is 13. The first kappa shape index (κ1) is 58.3. The third-order valence-electron chi connectivity index (χ3n) is 10.8. The number of aliphatic hydroxyl groups excluding tert-OH is 5. The summed E-state index contributed by atoms with van der Waals surface area (Å²) in [5.74, 6) is -1.11. The van der Waals surface area contributed by atoms with E-state index in [9.17, 15) is 44.6 Å². The van der Waals surface area contributed by atoms with Crippen LogP contribution in [0.3, 0.4) is 0 Å². The van der Waals surface area contributed by atoms with Crippen molar-refractivity contribution in [1.29, 1.82) is 0 Å². The number of phosphoric acid groups is 1. The highest BCUT2D eigenvalue weighted by atomic mass is 31.2. The Labute approximate surface area is 362 Å². The number of unbranched alkanes of at least 4 members (excludes halogenated alkanes) is 22. The van der Waals surface area contributed by atoms with Crippen LogP contribution in [0.5, 0.6) is 0 Å². The number of ether oxygens (including phenoxy) is 2. The summed E-state index contributed by atoms with van der Waals surface area (Å²) in [6.07, 6.45) is 25.2.